The molecule has 1 aromatic carbocycles. The molecular weight excluding hydrogens is 336 g/mol. The third kappa shape index (κ3) is 4.20. The molecule has 0 heterocycles. The van der Waals surface area contributed by atoms with E-state index in [1.54, 1.807) is 6.07 Å². The summed E-state index contributed by atoms with van der Waals surface area (Å²) in [4.78, 5) is 22.9. The zero-order valence-corrected chi connectivity index (χ0v) is 13.4. The van der Waals surface area contributed by atoms with Crippen LogP contribution in [-0.4, -0.2) is 23.1 Å². The molecule has 2 rings (SSSR count). The molecule has 0 aromatic heterocycles. The van der Waals surface area contributed by atoms with Crippen LogP contribution in [0.25, 0.3) is 0 Å². The minimum Gasteiger partial charge on any atom is -0.478 e. The maximum atomic E-state index is 12.0. The molecule has 21 heavy (non-hydrogen) atoms. The normalized spacial score (nSPS) is 21.6. The van der Waals surface area contributed by atoms with E-state index in [4.69, 9.17) is 5.11 Å². The van der Waals surface area contributed by atoms with Crippen LogP contribution < -0.4 is 10.6 Å². The van der Waals surface area contributed by atoms with E-state index in [2.05, 4.69) is 33.5 Å². The smallest absolute Gasteiger partial charge is 0.335 e. The SMILES string of the molecule is CC1CCCCC1NC(=O)Nc1ccc(C(=O)O)cc1Br. The monoisotopic (exact) mass is 354 g/mol. The average molecular weight is 355 g/mol. The molecule has 1 aliphatic carbocycles. The van der Waals surface area contributed by atoms with Crippen LogP contribution >= 0.6 is 15.9 Å². The molecule has 1 fully saturated rings. The number of carbonyl (C=O) groups is 2. The van der Waals surface area contributed by atoms with Gasteiger partial charge < -0.3 is 15.7 Å². The minimum absolute atomic E-state index is 0.175. The molecule has 2 amide bonds. The first-order valence-electron chi connectivity index (χ1n) is 7.07. The van der Waals surface area contributed by atoms with Crippen LogP contribution in [0.3, 0.4) is 0 Å². The standard InChI is InChI=1S/C15H19BrN2O3/c1-9-4-2-3-5-12(9)17-15(21)18-13-7-6-10(14(19)20)8-11(13)16/h6-9,12H,2-5H2,1H3,(H,19,20)(H2,17,18,21). The highest BCUT2D eigenvalue weighted by Crippen LogP contribution is 2.25. The Kier molecular flexibility index (Phi) is 5.22. The van der Waals surface area contributed by atoms with E-state index in [0.717, 1.165) is 19.3 Å². The first kappa shape index (κ1) is 15.8. The van der Waals surface area contributed by atoms with E-state index in [9.17, 15) is 9.59 Å². The van der Waals surface area contributed by atoms with Crippen molar-refractivity contribution in [1.29, 1.82) is 0 Å². The summed E-state index contributed by atoms with van der Waals surface area (Å²) in [6, 6.07) is 4.47. The number of nitrogens with one attached hydrogen (secondary N) is 2. The summed E-state index contributed by atoms with van der Waals surface area (Å²) in [7, 11) is 0. The van der Waals surface area contributed by atoms with E-state index >= 15 is 0 Å². The number of benzene rings is 1. The summed E-state index contributed by atoms with van der Waals surface area (Å²) < 4.78 is 0.550. The number of rotatable bonds is 3. The van der Waals surface area contributed by atoms with Gasteiger partial charge in [0.1, 0.15) is 0 Å². The average Bonchev–Trinajstić information content (AvgIpc) is 2.43. The van der Waals surface area contributed by atoms with E-state index < -0.39 is 5.97 Å². The Balaban J connectivity index is 1.97. The van der Waals surface area contributed by atoms with Gasteiger partial charge in [-0.2, -0.15) is 0 Å². The van der Waals surface area contributed by atoms with Crippen molar-refractivity contribution in [3.8, 4) is 0 Å². The maximum Gasteiger partial charge on any atom is 0.335 e. The first-order valence-corrected chi connectivity index (χ1v) is 7.87. The van der Waals surface area contributed by atoms with E-state index in [0.29, 0.717) is 16.1 Å². The first-order chi connectivity index (χ1) is 9.97. The van der Waals surface area contributed by atoms with Crippen molar-refractivity contribution >= 4 is 33.6 Å². The van der Waals surface area contributed by atoms with Gasteiger partial charge in [-0.1, -0.05) is 19.8 Å². The molecule has 1 saturated carbocycles. The molecule has 114 valence electrons. The molecule has 0 radical (unpaired) electrons. The molecule has 0 aliphatic heterocycles. The lowest BCUT2D eigenvalue weighted by atomic mass is 9.86. The maximum absolute atomic E-state index is 12.0. The highest BCUT2D eigenvalue weighted by molar-refractivity contribution is 9.10. The fourth-order valence-corrected chi connectivity index (χ4v) is 3.08. The Hall–Kier alpha value is -1.56. The molecule has 1 aliphatic rings. The fourth-order valence-electron chi connectivity index (χ4n) is 2.61. The number of hydrogen-bond acceptors (Lipinski definition) is 2. The largest absolute Gasteiger partial charge is 0.478 e. The lowest BCUT2D eigenvalue weighted by Crippen LogP contribution is -2.43. The Morgan fingerprint density at radius 3 is 2.62 bits per heavy atom. The van der Waals surface area contributed by atoms with Crippen molar-refractivity contribution in [2.45, 2.75) is 38.6 Å². The number of carboxylic acids is 1. The number of anilines is 1. The minimum atomic E-state index is -0.997. The predicted molar refractivity (Wildman–Crippen MR) is 84.7 cm³/mol. The second-order valence-electron chi connectivity index (χ2n) is 5.47. The highest BCUT2D eigenvalue weighted by Gasteiger charge is 2.23. The highest BCUT2D eigenvalue weighted by atomic mass is 79.9. The van der Waals surface area contributed by atoms with Crippen LogP contribution in [0.4, 0.5) is 10.5 Å². The summed E-state index contributed by atoms with van der Waals surface area (Å²) in [5.41, 5.74) is 0.731. The van der Waals surface area contributed by atoms with Crippen LogP contribution in [0.2, 0.25) is 0 Å². The number of urea groups is 1. The van der Waals surface area contributed by atoms with Gasteiger partial charge in [0.2, 0.25) is 0 Å². The van der Waals surface area contributed by atoms with Crippen molar-refractivity contribution in [3.05, 3.63) is 28.2 Å². The van der Waals surface area contributed by atoms with Crippen molar-refractivity contribution in [3.63, 3.8) is 0 Å². The zero-order chi connectivity index (χ0) is 15.4. The second-order valence-corrected chi connectivity index (χ2v) is 6.32. The summed E-state index contributed by atoms with van der Waals surface area (Å²) in [5.74, 6) is -0.509. The lowest BCUT2D eigenvalue weighted by molar-refractivity contribution is 0.0697. The molecule has 0 saturated heterocycles. The van der Waals surface area contributed by atoms with Crippen molar-refractivity contribution in [2.75, 3.05) is 5.32 Å². The molecule has 1 aromatic rings. The number of amides is 2. The third-order valence-electron chi connectivity index (χ3n) is 3.89. The molecule has 0 spiro atoms. The fraction of sp³-hybridized carbons (Fsp3) is 0.467. The topological polar surface area (TPSA) is 78.4 Å². The van der Waals surface area contributed by atoms with Crippen molar-refractivity contribution in [1.82, 2.24) is 5.32 Å². The second kappa shape index (κ2) is 6.93. The van der Waals surface area contributed by atoms with Gasteiger partial charge in [-0.05, 0) is 52.9 Å². The van der Waals surface area contributed by atoms with E-state index in [-0.39, 0.29) is 17.6 Å². The summed E-state index contributed by atoms with van der Waals surface area (Å²) in [5, 5.41) is 14.7. The van der Waals surface area contributed by atoms with E-state index in [1.807, 2.05) is 0 Å². The van der Waals surface area contributed by atoms with Crippen LogP contribution in [0.15, 0.2) is 22.7 Å². The Morgan fingerprint density at radius 1 is 1.29 bits per heavy atom. The summed E-state index contributed by atoms with van der Waals surface area (Å²) in [6.07, 6.45) is 4.52. The number of aromatic carboxylic acids is 1. The Bertz CT molecular complexity index is 548. The van der Waals surface area contributed by atoms with Gasteiger partial charge in [0.25, 0.3) is 0 Å². The quantitative estimate of drug-likeness (QED) is 0.771. The van der Waals surface area contributed by atoms with Crippen molar-refractivity contribution in [2.24, 2.45) is 5.92 Å². The number of hydrogen-bond donors (Lipinski definition) is 3. The molecular formula is C15H19BrN2O3. The molecule has 6 heteroatoms. The predicted octanol–water partition coefficient (Wildman–Crippen LogP) is 3.85. The Labute approximate surface area is 132 Å². The zero-order valence-electron chi connectivity index (χ0n) is 11.9. The lowest BCUT2D eigenvalue weighted by Gasteiger charge is -2.29. The number of carbonyl (C=O) groups excluding carboxylic acids is 1. The molecule has 2 atom stereocenters. The summed E-state index contributed by atoms with van der Waals surface area (Å²) >= 11 is 3.28. The number of halogens is 1. The molecule has 5 nitrogen and oxygen atoms in total. The van der Waals surface area contributed by atoms with Gasteiger partial charge in [0.15, 0.2) is 0 Å². The van der Waals surface area contributed by atoms with Crippen LogP contribution in [-0.2, 0) is 0 Å². The van der Waals surface area contributed by atoms with Gasteiger partial charge in [-0.25, -0.2) is 9.59 Å². The molecule has 2 unspecified atom stereocenters. The number of carboxylic acid groups (broad SMARTS) is 1. The van der Waals surface area contributed by atoms with Crippen LogP contribution in [0.5, 0.6) is 0 Å². The molecule has 3 N–H and O–H groups in total. The molecule has 0 bridgehead atoms. The van der Waals surface area contributed by atoms with Crippen LogP contribution in [0, 0.1) is 5.92 Å². The van der Waals surface area contributed by atoms with Gasteiger partial charge >= 0.3 is 12.0 Å². The van der Waals surface area contributed by atoms with Gasteiger partial charge in [-0.3, -0.25) is 0 Å². The Morgan fingerprint density at radius 2 is 2.00 bits per heavy atom. The summed E-state index contributed by atoms with van der Waals surface area (Å²) in [6.45, 7) is 2.15. The van der Waals surface area contributed by atoms with Gasteiger partial charge in [-0.15, -0.1) is 0 Å². The van der Waals surface area contributed by atoms with Crippen molar-refractivity contribution < 1.29 is 14.7 Å². The van der Waals surface area contributed by atoms with E-state index in [1.165, 1.54) is 18.6 Å². The van der Waals surface area contributed by atoms with Gasteiger partial charge in [0.05, 0.1) is 11.3 Å². The van der Waals surface area contributed by atoms with Crippen LogP contribution in [0.1, 0.15) is 43.0 Å². The third-order valence-corrected chi connectivity index (χ3v) is 4.55. The van der Waals surface area contributed by atoms with Gasteiger partial charge in [0, 0.05) is 10.5 Å².